The van der Waals surface area contributed by atoms with Crippen LogP contribution in [-0.2, 0) is 16.1 Å². The van der Waals surface area contributed by atoms with Crippen LogP contribution in [0.1, 0.15) is 43.4 Å². The van der Waals surface area contributed by atoms with Gasteiger partial charge in [0, 0.05) is 25.9 Å². The zero-order valence-electron chi connectivity index (χ0n) is 16.9. The van der Waals surface area contributed by atoms with E-state index in [1.54, 1.807) is 0 Å². The minimum Gasteiger partial charge on any atom is -0.494 e. The molecule has 0 bridgehead atoms. The molecule has 1 amide bonds. The molecule has 0 radical (unpaired) electrons. The highest BCUT2D eigenvalue weighted by Gasteiger charge is 2.63. The molecule has 0 saturated carbocycles. The predicted molar refractivity (Wildman–Crippen MR) is 110 cm³/mol. The zero-order valence-corrected chi connectivity index (χ0v) is 16.9. The fourth-order valence-corrected chi connectivity index (χ4v) is 5.08. The van der Waals surface area contributed by atoms with Gasteiger partial charge >= 0.3 is 0 Å². The Morgan fingerprint density at radius 3 is 2.69 bits per heavy atom. The van der Waals surface area contributed by atoms with E-state index in [2.05, 4.69) is 36.1 Å². The summed E-state index contributed by atoms with van der Waals surface area (Å²) in [5, 5.41) is 0. The smallest absolute Gasteiger partial charge is 0.226 e. The maximum Gasteiger partial charge on any atom is 0.226 e. The van der Waals surface area contributed by atoms with Crippen molar-refractivity contribution in [3.8, 4) is 5.75 Å². The van der Waals surface area contributed by atoms with Gasteiger partial charge in [-0.3, -0.25) is 9.69 Å². The van der Waals surface area contributed by atoms with Gasteiger partial charge in [0.05, 0.1) is 19.2 Å². The van der Waals surface area contributed by atoms with E-state index in [1.165, 1.54) is 5.56 Å². The second-order valence-electron chi connectivity index (χ2n) is 8.30. The number of ether oxygens (including phenoxy) is 2. The molecular weight excluding hydrogens is 364 g/mol. The Balaban J connectivity index is 1.31. The molecule has 5 heteroatoms. The second-order valence-corrected chi connectivity index (χ2v) is 8.30. The molecule has 3 aliphatic heterocycles. The molecule has 2 aromatic rings. The first-order valence-corrected chi connectivity index (χ1v) is 10.7. The molecule has 0 unspecified atom stereocenters. The summed E-state index contributed by atoms with van der Waals surface area (Å²) in [4.78, 5) is 17.2. The molecule has 29 heavy (non-hydrogen) atoms. The van der Waals surface area contributed by atoms with Crippen LogP contribution in [0, 0.1) is 0 Å². The first-order chi connectivity index (χ1) is 14.2. The third-order valence-electron chi connectivity index (χ3n) is 6.49. The third-order valence-corrected chi connectivity index (χ3v) is 6.49. The van der Waals surface area contributed by atoms with Gasteiger partial charge in [-0.1, -0.05) is 49.4 Å². The quantitative estimate of drug-likeness (QED) is 0.751. The summed E-state index contributed by atoms with van der Waals surface area (Å²) in [6.45, 7) is 5.30. The van der Waals surface area contributed by atoms with E-state index in [1.807, 2.05) is 35.2 Å². The highest BCUT2D eigenvalue weighted by molar-refractivity contribution is 5.81. The van der Waals surface area contributed by atoms with Gasteiger partial charge < -0.3 is 14.4 Å². The largest absolute Gasteiger partial charge is 0.494 e. The number of carbonyl (C=O) groups is 1. The monoisotopic (exact) mass is 392 g/mol. The van der Waals surface area contributed by atoms with Gasteiger partial charge in [0.2, 0.25) is 5.91 Å². The van der Waals surface area contributed by atoms with Crippen molar-refractivity contribution in [2.45, 2.75) is 50.6 Å². The van der Waals surface area contributed by atoms with Crippen LogP contribution in [0.2, 0.25) is 0 Å². The van der Waals surface area contributed by atoms with Crippen molar-refractivity contribution in [3.05, 3.63) is 65.7 Å². The first-order valence-electron chi connectivity index (χ1n) is 10.7. The number of rotatable bonds is 6. The van der Waals surface area contributed by atoms with E-state index >= 15 is 0 Å². The van der Waals surface area contributed by atoms with E-state index in [-0.39, 0.29) is 18.1 Å². The topological polar surface area (TPSA) is 42.0 Å². The summed E-state index contributed by atoms with van der Waals surface area (Å²) in [5.74, 6) is 1.14. The van der Waals surface area contributed by atoms with Crippen molar-refractivity contribution in [1.29, 1.82) is 0 Å². The predicted octanol–water partition coefficient (Wildman–Crippen LogP) is 3.75. The van der Waals surface area contributed by atoms with Crippen LogP contribution in [0.5, 0.6) is 5.75 Å². The number of hydrogen-bond donors (Lipinski definition) is 0. The second kappa shape index (κ2) is 7.47. The molecule has 0 N–H and O–H groups in total. The van der Waals surface area contributed by atoms with Crippen molar-refractivity contribution in [3.63, 3.8) is 0 Å². The Bertz CT molecular complexity index is 869. The van der Waals surface area contributed by atoms with Gasteiger partial charge in [-0.25, -0.2) is 0 Å². The Kier molecular flexibility index (Phi) is 4.80. The third kappa shape index (κ3) is 3.22. The van der Waals surface area contributed by atoms with Gasteiger partial charge in [-0.2, -0.15) is 0 Å². The standard InChI is InChI=1S/C24H28N2O3/c1-2-14-28-20-10-8-18(9-11-20)16-25-13-12-24-22(25)15-23(27)26(24)17-21(29-24)19-6-4-3-5-7-19/h3-11,21-22H,2,12-17H2,1H3/t21-,22-,24+/m1/s1. The van der Waals surface area contributed by atoms with Crippen molar-refractivity contribution in [1.82, 2.24) is 9.80 Å². The number of likely N-dealkylation sites (tertiary alicyclic amines) is 1. The van der Waals surface area contributed by atoms with Crippen molar-refractivity contribution in [2.24, 2.45) is 0 Å². The lowest BCUT2D eigenvalue weighted by atomic mass is 10.1. The number of nitrogens with zero attached hydrogens (tertiary/aromatic N) is 2. The van der Waals surface area contributed by atoms with Crippen LogP contribution in [0.25, 0.3) is 0 Å². The molecule has 3 atom stereocenters. The molecule has 3 aliphatic rings. The van der Waals surface area contributed by atoms with Crippen LogP contribution in [0.3, 0.4) is 0 Å². The lowest BCUT2D eigenvalue weighted by Crippen LogP contribution is -2.47. The lowest BCUT2D eigenvalue weighted by Gasteiger charge is -2.32. The van der Waals surface area contributed by atoms with Crippen LogP contribution < -0.4 is 4.74 Å². The normalized spacial score (nSPS) is 28.6. The Morgan fingerprint density at radius 1 is 1.14 bits per heavy atom. The van der Waals surface area contributed by atoms with E-state index in [0.29, 0.717) is 13.0 Å². The summed E-state index contributed by atoms with van der Waals surface area (Å²) in [6, 6.07) is 18.7. The van der Waals surface area contributed by atoms with Crippen molar-refractivity contribution < 1.29 is 14.3 Å². The molecule has 3 fully saturated rings. The average molecular weight is 392 g/mol. The van der Waals surface area contributed by atoms with Crippen molar-refractivity contribution >= 4 is 5.91 Å². The maximum atomic E-state index is 12.8. The van der Waals surface area contributed by atoms with Crippen molar-refractivity contribution in [2.75, 3.05) is 19.7 Å². The zero-order chi connectivity index (χ0) is 19.8. The highest BCUT2D eigenvalue weighted by atomic mass is 16.5. The highest BCUT2D eigenvalue weighted by Crippen LogP contribution is 2.50. The van der Waals surface area contributed by atoms with E-state index in [4.69, 9.17) is 9.47 Å². The molecule has 152 valence electrons. The fraction of sp³-hybridized carbons (Fsp3) is 0.458. The minimum atomic E-state index is -0.457. The molecule has 1 spiro atoms. The summed E-state index contributed by atoms with van der Waals surface area (Å²) < 4.78 is 12.3. The van der Waals surface area contributed by atoms with Gasteiger partial charge in [-0.05, 0) is 29.7 Å². The van der Waals surface area contributed by atoms with Gasteiger partial charge in [0.1, 0.15) is 11.9 Å². The van der Waals surface area contributed by atoms with Crippen LogP contribution in [0.4, 0.5) is 0 Å². The fourth-order valence-electron chi connectivity index (χ4n) is 5.08. The molecule has 0 aliphatic carbocycles. The number of benzene rings is 2. The van der Waals surface area contributed by atoms with E-state index in [9.17, 15) is 4.79 Å². The van der Waals surface area contributed by atoms with Gasteiger partial charge in [0.15, 0.2) is 5.72 Å². The summed E-state index contributed by atoms with van der Waals surface area (Å²) in [5.41, 5.74) is 1.94. The SMILES string of the molecule is CCCOc1ccc(CN2CC[C@@]34O[C@@H](c5ccccc5)CN3C(=O)C[C@@H]24)cc1. The Morgan fingerprint density at radius 2 is 1.93 bits per heavy atom. The number of carbonyl (C=O) groups excluding carboxylic acids is 1. The summed E-state index contributed by atoms with van der Waals surface area (Å²) >= 11 is 0. The molecular formula is C24H28N2O3. The minimum absolute atomic E-state index is 0.0297. The van der Waals surface area contributed by atoms with E-state index < -0.39 is 5.72 Å². The Hall–Kier alpha value is -2.37. The molecule has 3 saturated heterocycles. The molecule has 5 nitrogen and oxygen atoms in total. The van der Waals surface area contributed by atoms with Crippen LogP contribution in [0.15, 0.2) is 54.6 Å². The lowest BCUT2D eigenvalue weighted by molar-refractivity contribution is -0.138. The molecule has 0 aromatic heterocycles. The summed E-state index contributed by atoms with van der Waals surface area (Å²) in [7, 11) is 0. The van der Waals surface area contributed by atoms with Crippen LogP contribution in [-0.4, -0.2) is 47.2 Å². The van der Waals surface area contributed by atoms with Gasteiger partial charge in [0.25, 0.3) is 0 Å². The first kappa shape index (κ1) is 18.6. The maximum absolute atomic E-state index is 12.8. The summed E-state index contributed by atoms with van der Waals surface area (Å²) in [6.07, 6.45) is 2.41. The molecule has 3 heterocycles. The Labute approximate surface area is 172 Å². The van der Waals surface area contributed by atoms with Gasteiger partial charge in [-0.15, -0.1) is 0 Å². The number of hydrogen-bond acceptors (Lipinski definition) is 4. The molecule has 2 aromatic carbocycles. The average Bonchev–Trinajstić information content (AvgIpc) is 3.37. The van der Waals surface area contributed by atoms with Crippen LogP contribution >= 0.6 is 0 Å². The van der Waals surface area contributed by atoms with E-state index in [0.717, 1.165) is 43.9 Å². The molecule has 5 rings (SSSR count). The number of amides is 1.